The van der Waals surface area contributed by atoms with Crippen LogP contribution in [-0.4, -0.2) is 16.1 Å². The molecule has 4 nitrogen and oxygen atoms in total. The maximum absolute atomic E-state index is 10.8. The van der Waals surface area contributed by atoms with Gasteiger partial charge < -0.3 is 5.73 Å². The van der Waals surface area contributed by atoms with Gasteiger partial charge in [0.2, 0.25) is 0 Å². The number of fused-ring (bicyclic) bond motifs is 1. The summed E-state index contributed by atoms with van der Waals surface area (Å²) in [6.07, 6.45) is 3.23. The SMILES string of the molecule is NC(=O)c1cc2cnncc2s1. The molecule has 2 heterocycles. The number of carbonyl (C=O) groups excluding carboxylic acids is 1. The van der Waals surface area contributed by atoms with Crippen molar-refractivity contribution in [2.45, 2.75) is 0 Å². The molecule has 0 aliphatic heterocycles. The van der Waals surface area contributed by atoms with Crippen molar-refractivity contribution < 1.29 is 4.79 Å². The number of amides is 1. The van der Waals surface area contributed by atoms with Gasteiger partial charge in [-0.15, -0.1) is 11.3 Å². The minimum Gasteiger partial charge on any atom is -0.365 e. The number of primary amides is 1. The van der Waals surface area contributed by atoms with Crippen LogP contribution in [0, 0.1) is 0 Å². The highest BCUT2D eigenvalue weighted by Crippen LogP contribution is 2.22. The first-order valence-corrected chi connectivity index (χ1v) is 4.09. The van der Waals surface area contributed by atoms with E-state index in [0.717, 1.165) is 10.1 Å². The molecule has 0 fully saturated rings. The first kappa shape index (κ1) is 7.17. The summed E-state index contributed by atoms with van der Waals surface area (Å²) in [5, 5.41) is 8.29. The van der Waals surface area contributed by atoms with Crippen LogP contribution in [0.25, 0.3) is 10.1 Å². The van der Waals surface area contributed by atoms with Crippen LogP contribution in [0.3, 0.4) is 0 Å². The molecule has 2 aromatic heterocycles. The summed E-state index contributed by atoms with van der Waals surface area (Å²) in [5.41, 5.74) is 5.11. The number of carbonyl (C=O) groups is 1. The molecule has 0 bridgehead atoms. The van der Waals surface area contributed by atoms with Crippen molar-refractivity contribution in [1.82, 2.24) is 10.2 Å². The van der Waals surface area contributed by atoms with Crippen molar-refractivity contribution in [3.8, 4) is 0 Å². The van der Waals surface area contributed by atoms with Gasteiger partial charge in [0.05, 0.1) is 22.0 Å². The normalized spacial score (nSPS) is 10.3. The van der Waals surface area contributed by atoms with E-state index < -0.39 is 5.91 Å². The highest BCUT2D eigenvalue weighted by molar-refractivity contribution is 7.20. The molecule has 60 valence electrons. The molecule has 0 spiro atoms. The molecule has 0 atom stereocenters. The van der Waals surface area contributed by atoms with E-state index in [2.05, 4.69) is 10.2 Å². The second kappa shape index (κ2) is 2.53. The van der Waals surface area contributed by atoms with Gasteiger partial charge in [0.15, 0.2) is 0 Å². The summed E-state index contributed by atoms with van der Waals surface area (Å²) in [5.74, 6) is -0.406. The predicted molar refractivity (Wildman–Crippen MR) is 45.9 cm³/mol. The molecular weight excluding hydrogens is 174 g/mol. The number of thiophene rings is 1. The minimum atomic E-state index is -0.406. The molecule has 2 rings (SSSR count). The zero-order chi connectivity index (χ0) is 8.55. The number of nitrogens with two attached hydrogens (primary N) is 1. The van der Waals surface area contributed by atoms with E-state index in [0.29, 0.717) is 4.88 Å². The summed E-state index contributed by atoms with van der Waals surface area (Å²) < 4.78 is 0.929. The van der Waals surface area contributed by atoms with Gasteiger partial charge in [-0.25, -0.2) is 0 Å². The van der Waals surface area contributed by atoms with Gasteiger partial charge in [0.1, 0.15) is 0 Å². The Morgan fingerprint density at radius 1 is 1.42 bits per heavy atom. The fourth-order valence-electron chi connectivity index (χ4n) is 0.924. The lowest BCUT2D eigenvalue weighted by Gasteiger charge is -1.81. The molecule has 0 saturated carbocycles. The molecule has 12 heavy (non-hydrogen) atoms. The Bertz CT molecular complexity index is 404. The lowest BCUT2D eigenvalue weighted by Crippen LogP contribution is -2.07. The Balaban J connectivity index is 2.70. The molecule has 2 N–H and O–H groups in total. The highest BCUT2D eigenvalue weighted by Gasteiger charge is 2.05. The van der Waals surface area contributed by atoms with E-state index in [9.17, 15) is 4.79 Å². The van der Waals surface area contributed by atoms with Crippen LogP contribution in [0.4, 0.5) is 0 Å². The summed E-state index contributed by atoms with van der Waals surface area (Å²) in [6.45, 7) is 0. The van der Waals surface area contributed by atoms with E-state index in [-0.39, 0.29) is 0 Å². The molecule has 0 radical (unpaired) electrons. The number of nitrogens with zero attached hydrogens (tertiary/aromatic N) is 2. The van der Waals surface area contributed by atoms with Gasteiger partial charge in [0, 0.05) is 5.39 Å². The fraction of sp³-hybridized carbons (Fsp3) is 0. The van der Waals surface area contributed by atoms with Gasteiger partial charge in [0.25, 0.3) is 5.91 Å². The monoisotopic (exact) mass is 179 g/mol. The molecule has 0 aliphatic carbocycles. The van der Waals surface area contributed by atoms with Gasteiger partial charge >= 0.3 is 0 Å². The quantitative estimate of drug-likeness (QED) is 0.703. The van der Waals surface area contributed by atoms with Crippen LogP contribution in [0.1, 0.15) is 9.67 Å². The third-order valence-electron chi connectivity index (χ3n) is 1.47. The fourth-order valence-corrected chi connectivity index (χ4v) is 1.78. The first-order chi connectivity index (χ1) is 5.77. The molecule has 5 heteroatoms. The second-order valence-electron chi connectivity index (χ2n) is 2.28. The first-order valence-electron chi connectivity index (χ1n) is 3.27. The summed E-state index contributed by atoms with van der Waals surface area (Å²) in [6, 6.07) is 1.72. The van der Waals surface area contributed by atoms with Crippen LogP contribution < -0.4 is 5.73 Å². The average molecular weight is 179 g/mol. The molecule has 0 aliphatic rings. The molecule has 0 unspecified atom stereocenters. The lowest BCUT2D eigenvalue weighted by molar-refractivity contribution is 0.100. The van der Waals surface area contributed by atoms with Gasteiger partial charge in [-0.3, -0.25) is 4.79 Å². The third-order valence-corrected chi connectivity index (χ3v) is 2.57. The van der Waals surface area contributed by atoms with Gasteiger partial charge in [-0.05, 0) is 6.07 Å². The van der Waals surface area contributed by atoms with Crippen molar-refractivity contribution >= 4 is 27.3 Å². The number of aromatic nitrogens is 2. The van der Waals surface area contributed by atoms with E-state index in [1.807, 2.05) is 0 Å². The van der Waals surface area contributed by atoms with Gasteiger partial charge in [-0.2, -0.15) is 10.2 Å². The highest BCUT2D eigenvalue weighted by atomic mass is 32.1. The molecule has 2 aromatic rings. The maximum atomic E-state index is 10.8. The maximum Gasteiger partial charge on any atom is 0.258 e. The summed E-state index contributed by atoms with van der Waals surface area (Å²) >= 11 is 1.33. The largest absolute Gasteiger partial charge is 0.365 e. The Kier molecular flexibility index (Phi) is 1.51. The molecule has 0 saturated heterocycles. The average Bonchev–Trinajstić information content (AvgIpc) is 2.46. The van der Waals surface area contributed by atoms with E-state index in [1.165, 1.54) is 11.3 Å². The minimum absolute atomic E-state index is 0.406. The standard InChI is InChI=1S/C7H5N3OS/c8-7(11)5-1-4-2-9-10-3-6(4)12-5/h1-3H,(H2,8,11). The van der Waals surface area contributed by atoms with Crippen molar-refractivity contribution in [1.29, 1.82) is 0 Å². The zero-order valence-corrected chi connectivity index (χ0v) is 6.84. The van der Waals surface area contributed by atoms with Crippen LogP contribution in [0.5, 0.6) is 0 Å². The Morgan fingerprint density at radius 2 is 2.17 bits per heavy atom. The van der Waals surface area contributed by atoms with E-state index in [1.54, 1.807) is 18.5 Å². The van der Waals surface area contributed by atoms with Crippen molar-refractivity contribution in [3.63, 3.8) is 0 Å². The van der Waals surface area contributed by atoms with Crippen molar-refractivity contribution in [2.75, 3.05) is 0 Å². The Morgan fingerprint density at radius 3 is 2.83 bits per heavy atom. The van der Waals surface area contributed by atoms with Crippen LogP contribution >= 0.6 is 11.3 Å². The summed E-state index contributed by atoms with van der Waals surface area (Å²) in [4.78, 5) is 11.3. The van der Waals surface area contributed by atoms with Crippen LogP contribution in [0.2, 0.25) is 0 Å². The van der Waals surface area contributed by atoms with Crippen LogP contribution in [0.15, 0.2) is 18.5 Å². The number of hydrogen-bond acceptors (Lipinski definition) is 4. The Hall–Kier alpha value is -1.49. The topological polar surface area (TPSA) is 68.9 Å². The van der Waals surface area contributed by atoms with Gasteiger partial charge in [-0.1, -0.05) is 0 Å². The predicted octanol–water partition coefficient (Wildman–Crippen LogP) is 0.790. The summed E-state index contributed by atoms with van der Waals surface area (Å²) in [7, 11) is 0. The van der Waals surface area contributed by atoms with E-state index in [4.69, 9.17) is 5.73 Å². The smallest absolute Gasteiger partial charge is 0.258 e. The van der Waals surface area contributed by atoms with Crippen molar-refractivity contribution in [2.24, 2.45) is 5.73 Å². The van der Waals surface area contributed by atoms with Crippen molar-refractivity contribution in [3.05, 3.63) is 23.3 Å². The number of rotatable bonds is 1. The van der Waals surface area contributed by atoms with E-state index >= 15 is 0 Å². The lowest BCUT2D eigenvalue weighted by atomic mass is 10.3. The van der Waals surface area contributed by atoms with Crippen LogP contribution in [-0.2, 0) is 0 Å². The second-order valence-corrected chi connectivity index (χ2v) is 3.37. The third kappa shape index (κ3) is 1.04. The molecule has 1 amide bonds. The number of hydrogen-bond donors (Lipinski definition) is 1. The zero-order valence-electron chi connectivity index (χ0n) is 6.02. The molecular formula is C7H5N3OS. The Labute approximate surface area is 72.0 Å². The molecule has 0 aromatic carbocycles.